The standard InChI is InChI=1S/C9H8N6OS2/c1-5(16)12-7-6(3-10)8(17-2)14-15(7)9-13-11-4-18-9/h4H,1-2H3,(H,12,16). The lowest BCUT2D eigenvalue weighted by Crippen LogP contribution is -2.12. The van der Waals surface area contributed by atoms with Crippen LogP contribution in [-0.4, -0.2) is 32.1 Å². The summed E-state index contributed by atoms with van der Waals surface area (Å²) >= 11 is 2.60. The molecule has 1 N–H and O–H groups in total. The first kappa shape index (κ1) is 12.5. The van der Waals surface area contributed by atoms with Gasteiger partial charge in [0.15, 0.2) is 5.82 Å². The van der Waals surface area contributed by atoms with Crippen LogP contribution in [0.5, 0.6) is 0 Å². The molecule has 0 unspecified atom stereocenters. The van der Waals surface area contributed by atoms with Crippen LogP contribution < -0.4 is 5.32 Å². The summed E-state index contributed by atoms with van der Waals surface area (Å²) in [5.74, 6) is 0.0518. The number of carbonyl (C=O) groups excluding carboxylic acids is 1. The van der Waals surface area contributed by atoms with E-state index in [-0.39, 0.29) is 5.91 Å². The number of rotatable bonds is 3. The number of nitrogens with zero attached hydrogens (tertiary/aromatic N) is 5. The zero-order valence-electron chi connectivity index (χ0n) is 9.54. The van der Waals surface area contributed by atoms with E-state index in [0.29, 0.717) is 21.5 Å². The number of hydrogen-bond donors (Lipinski definition) is 1. The number of anilines is 1. The lowest BCUT2D eigenvalue weighted by atomic mass is 10.3. The van der Waals surface area contributed by atoms with Crippen LogP contribution in [0.1, 0.15) is 12.5 Å². The summed E-state index contributed by atoms with van der Waals surface area (Å²) in [6.45, 7) is 1.37. The fourth-order valence-corrected chi connectivity index (χ4v) is 2.35. The first-order valence-corrected chi connectivity index (χ1v) is 6.89. The molecule has 92 valence electrons. The summed E-state index contributed by atoms with van der Waals surface area (Å²) in [6.07, 6.45) is 1.81. The van der Waals surface area contributed by atoms with Gasteiger partial charge in [-0.15, -0.1) is 22.0 Å². The van der Waals surface area contributed by atoms with Crippen molar-refractivity contribution in [3.63, 3.8) is 0 Å². The molecule has 0 spiro atoms. The Morgan fingerprint density at radius 2 is 2.44 bits per heavy atom. The van der Waals surface area contributed by atoms with E-state index in [1.54, 1.807) is 5.51 Å². The predicted molar refractivity (Wildman–Crippen MR) is 67.8 cm³/mol. The highest BCUT2D eigenvalue weighted by molar-refractivity contribution is 7.98. The summed E-state index contributed by atoms with van der Waals surface area (Å²) in [5.41, 5.74) is 1.88. The van der Waals surface area contributed by atoms with Gasteiger partial charge in [-0.05, 0) is 6.26 Å². The Kier molecular flexibility index (Phi) is 3.59. The number of thioether (sulfide) groups is 1. The first-order valence-electron chi connectivity index (χ1n) is 4.78. The van der Waals surface area contributed by atoms with E-state index in [4.69, 9.17) is 5.26 Å². The third-order valence-corrected chi connectivity index (χ3v) is 3.32. The number of nitrogens with one attached hydrogen (secondary N) is 1. The molecule has 2 rings (SSSR count). The van der Waals surface area contributed by atoms with Crippen LogP contribution in [0.25, 0.3) is 5.13 Å². The molecule has 2 aromatic rings. The number of hydrogen-bond acceptors (Lipinski definition) is 7. The lowest BCUT2D eigenvalue weighted by Gasteiger charge is -2.03. The molecule has 0 fully saturated rings. The monoisotopic (exact) mass is 280 g/mol. The van der Waals surface area contributed by atoms with E-state index in [1.165, 1.54) is 34.7 Å². The van der Waals surface area contributed by atoms with Crippen molar-refractivity contribution in [2.75, 3.05) is 11.6 Å². The van der Waals surface area contributed by atoms with Gasteiger partial charge in [-0.3, -0.25) is 4.79 Å². The van der Waals surface area contributed by atoms with Crippen molar-refractivity contribution in [3.8, 4) is 11.2 Å². The second-order valence-corrected chi connectivity index (χ2v) is 4.77. The molecule has 0 aliphatic rings. The molecule has 0 atom stereocenters. The van der Waals surface area contributed by atoms with Crippen molar-refractivity contribution < 1.29 is 4.79 Å². The minimum absolute atomic E-state index is 0.273. The normalized spacial score (nSPS) is 10.1. The second kappa shape index (κ2) is 5.16. The maximum atomic E-state index is 11.2. The van der Waals surface area contributed by atoms with E-state index in [9.17, 15) is 4.79 Å². The molecular formula is C9H8N6OS2. The van der Waals surface area contributed by atoms with Crippen molar-refractivity contribution >= 4 is 34.8 Å². The Bertz CT molecular complexity index is 612. The molecular weight excluding hydrogens is 272 g/mol. The Morgan fingerprint density at radius 1 is 1.67 bits per heavy atom. The van der Waals surface area contributed by atoms with Gasteiger partial charge in [-0.25, -0.2) is 0 Å². The number of aromatic nitrogens is 4. The summed E-state index contributed by atoms with van der Waals surface area (Å²) < 4.78 is 1.42. The smallest absolute Gasteiger partial charge is 0.234 e. The van der Waals surface area contributed by atoms with Crippen molar-refractivity contribution in [3.05, 3.63) is 11.1 Å². The Balaban J connectivity index is 2.61. The number of carbonyl (C=O) groups is 1. The van der Waals surface area contributed by atoms with Crippen molar-refractivity contribution in [1.29, 1.82) is 5.26 Å². The third-order valence-electron chi connectivity index (χ3n) is 1.98. The third kappa shape index (κ3) is 2.20. The highest BCUT2D eigenvalue weighted by Crippen LogP contribution is 2.28. The molecule has 0 saturated heterocycles. The molecule has 7 nitrogen and oxygen atoms in total. The summed E-state index contributed by atoms with van der Waals surface area (Å²) in [5, 5.41) is 24.6. The maximum absolute atomic E-state index is 11.2. The molecule has 0 aromatic carbocycles. The van der Waals surface area contributed by atoms with Gasteiger partial charge >= 0.3 is 0 Å². The minimum atomic E-state index is -0.273. The van der Waals surface area contributed by atoms with Crippen LogP contribution in [0.2, 0.25) is 0 Å². The zero-order chi connectivity index (χ0) is 13.1. The van der Waals surface area contributed by atoms with Crippen LogP contribution >= 0.6 is 23.1 Å². The average molecular weight is 280 g/mol. The Morgan fingerprint density at radius 3 is 2.94 bits per heavy atom. The van der Waals surface area contributed by atoms with Crippen LogP contribution in [0.3, 0.4) is 0 Å². The molecule has 9 heteroatoms. The van der Waals surface area contributed by atoms with Crippen LogP contribution in [0, 0.1) is 11.3 Å². The highest BCUT2D eigenvalue weighted by atomic mass is 32.2. The second-order valence-electron chi connectivity index (χ2n) is 3.16. The molecule has 0 bridgehead atoms. The van der Waals surface area contributed by atoms with E-state index < -0.39 is 0 Å². The van der Waals surface area contributed by atoms with E-state index in [2.05, 4.69) is 20.6 Å². The van der Waals surface area contributed by atoms with Crippen molar-refractivity contribution in [2.24, 2.45) is 0 Å². The SMILES string of the molecule is CSc1nn(-c2nncs2)c(NC(C)=O)c1C#N. The van der Waals surface area contributed by atoms with Gasteiger partial charge in [-0.1, -0.05) is 11.3 Å². The molecule has 18 heavy (non-hydrogen) atoms. The summed E-state index contributed by atoms with van der Waals surface area (Å²) in [7, 11) is 0. The quantitative estimate of drug-likeness (QED) is 0.851. The molecule has 1 amide bonds. The highest BCUT2D eigenvalue weighted by Gasteiger charge is 2.20. The Hall–Kier alpha value is -1.92. The van der Waals surface area contributed by atoms with Gasteiger partial charge in [-0.2, -0.15) is 15.0 Å². The first-order chi connectivity index (χ1) is 8.67. The van der Waals surface area contributed by atoms with Crippen LogP contribution in [0.4, 0.5) is 5.82 Å². The Labute approximate surface area is 111 Å². The fourth-order valence-electron chi connectivity index (χ4n) is 1.32. The van der Waals surface area contributed by atoms with E-state index in [0.717, 1.165) is 0 Å². The molecule has 0 aliphatic heterocycles. The fraction of sp³-hybridized carbons (Fsp3) is 0.222. The summed E-state index contributed by atoms with van der Waals surface area (Å²) in [6, 6.07) is 2.04. The van der Waals surface area contributed by atoms with Gasteiger partial charge in [0.2, 0.25) is 11.0 Å². The number of nitriles is 1. The summed E-state index contributed by atoms with van der Waals surface area (Å²) in [4.78, 5) is 11.2. The topological polar surface area (TPSA) is 96.5 Å². The zero-order valence-corrected chi connectivity index (χ0v) is 11.2. The molecule has 2 aromatic heterocycles. The van der Waals surface area contributed by atoms with Gasteiger partial charge in [0.25, 0.3) is 0 Å². The van der Waals surface area contributed by atoms with Crippen LogP contribution in [-0.2, 0) is 4.79 Å². The molecule has 0 radical (unpaired) electrons. The lowest BCUT2D eigenvalue weighted by molar-refractivity contribution is -0.114. The molecule has 0 aliphatic carbocycles. The maximum Gasteiger partial charge on any atom is 0.234 e. The molecule has 0 saturated carbocycles. The van der Waals surface area contributed by atoms with Crippen molar-refractivity contribution in [1.82, 2.24) is 20.0 Å². The van der Waals surface area contributed by atoms with Crippen molar-refractivity contribution in [2.45, 2.75) is 11.9 Å². The van der Waals surface area contributed by atoms with Gasteiger partial charge < -0.3 is 5.32 Å². The molecule has 2 heterocycles. The number of amides is 1. The predicted octanol–water partition coefficient (Wildman–Crippen LogP) is 1.28. The van der Waals surface area contributed by atoms with E-state index >= 15 is 0 Å². The van der Waals surface area contributed by atoms with Gasteiger partial charge in [0.1, 0.15) is 22.2 Å². The largest absolute Gasteiger partial charge is 0.310 e. The minimum Gasteiger partial charge on any atom is -0.310 e. The van der Waals surface area contributed by atoms with Gasteiger partial charge in [0.05, 0.1) is 0 Å². The van der Waals surface area contributed by atoms with Crippen LogP contribution in [0.15, 0.2) is 10.5 Å². The van der Waals surface area contributed by atoms with Gasteiger partial charge in [0, 0.05) is 6.92 Å². The average Bonchev–Trinajstić information content (AvgIpc) is 2.94. The van der Waals surface area contributed by atoms with E-state index in [1.807, 2.05) is 12.3 Å².